The standard InChI is InChI=1S/C15H19N3O2S/c1-3-17-15(13(19)20,12-7-5-4-6-8-12)11-21-14-16-9-10-18(14)2/h4-10,17H,3,11H2,1-2H3,(H,19,20). The summed E-state index contributed by atoms with van der Waals surface area (Å²) in [6, 6.07) is 9.28. The van der Waals surface area contributed by atoms with Crippen LogP contribution >= 0.6 is 11.8 Å². The number of carbonyl (C=O) groups is 1. The van der Waals surface area contributed by atoms with Gasteiger partial charge in [-0.15, -0.1) is 0 Å². The lowest BCUT2D eigenvalue weighted by atomic mass is 9.92. The highest BCUT2D eigenvalue weighted by atomic mass is 32.2. The van der Waals surface area contributed by atoms with Gasteiger partial charge in [0.25, 0.3) is 0 Å². The molecule has 6 heteroatoms. The quantitative estimate of drug-likeness (QED) is 0.767. The van der Waals surface area contributed by atoms with Crippen LogP contribution in [0, 0.1) is 0 Å². The molecule has 0 amide bonds. The Bertz CT molecular complexity index is 600. The molecule has 0 saturated carbocycles. The second-order valence-electron chi connectivity index (χ2n) is 4.72. The van der Waals surface area contributed by atoms with Gasteiger partial charge in [-0.05, 0) is 12.1 Å². The Balaban J connectivity index is 2.31. The molecule has 2 aromatic rings. The SMILES string of the molecule is CCNC(CSc1nccn1C)(C(=O)O)c1ccccc1. The molecule has 21 heavy (non-hydrogen) atoms. The number of carboxylic acids is 1. The Kier molecular flexibility index (Phi) is 5.03. The molecule has 0 aliphatic rings. The highest BCUT2D eigenvalue weighted by Crippen LogP contribution is 2.29. The van der Waals surface area contributed by atoms with Crippen molar-refractivity contribution in [2.75, 3.05) is 12.3 Å². The van der Waals surface area contributed by atoms with Crippen LogP contribution in [0.25, 0.3) is 0 Å². The van der Waals surface area contributed by atoms with Crippen LogP contribution in [0.1, 0.15) is 12.5 Å². The summed E-state index contributed by atoms with van der Waals surface area (Å²) < 4.78 is 1.88. The number of benzene rings is 1. The van der Waals surface area contributed by atoms with Crippen molar-refractivity contribution in [3.63, 3.8) is 0 Å². The fourth-order valence-corrected chi connectivity index (χ4v) is 3.32. The molecule has 5 nitrogen and oxygen atoms in total. The van der Waals surface area contributed by atoms with E-state index in [2.05, 4.69) is 10.3 Å². The van der Waals surface area contributed by atoms with Crippen LogP contribution in [-0.2, 0) is 17.4 Å². The monoisotopic (exact) mass is 305 g/mol. The van der Waals surface area contributed by atoms with Crippen molar-refractivity contribution in [3.8, 4) is 0 Å². The molecule has 0 saturated heterocycles. The van der Waals surface area contributed by atoms with Crippen LogP contribution in [0.15, 0.2) is 47.9 Å². The maximum atomic E-state index is 12.0. The highest BCUT2D eigenvalue weighted by Gasteiger charge is 2.40. The zero-order valence-corrected chi connectivity index (χ0v) is 12.9. The number of hydrogen-bond donors (Lipinski definition) is 2. The molecule has 1 aromatic carbocycles. The highest BCUT2D eigenvalue weighted by molar-refractivity contribution is 7.99. The number of imidazole rings is 1. The van der Waals surface area contributed by atoms with Gasteiger partial charge in [0, 0.05) is 25.2 Å². The Morgan fingerprint density at radius 3 is 2.67 bits per heavy atom. The summed E-state index contributed by atoms with van der Waals surface area (Å²) in [6.07, 6.45) is 3.56. The summed E-state index contributed by atoms with van der Waals surface area (Å²) in [5, 5.41) is 13.7. The molecule has 0 bridgehead atoms. The van der Waals surface area contributed by atoms with Crippen molar-refractivity contribution in [2.24, 2.45) is 7.05 Å². The van der Waals surface area contributed by atoms with Crippen LogP contribution in [0.2, 0.25) is 0 Å². The van der Waals surface area contributed by atoms with Gasteiger partial charge in [-0.1, -0.05) is 49.0 Å². The first-order valence-corrected chi connectivity index (χ1v) is 7.73. The van der Waals surface area contributed by atoms with Gasteiger partial charge in [-0.3, -0.25) is 5.32 Å². The van der Waals surface area contributed by atoms with Gasteiger partial charge >= 0.3 is 5.97 Å². The fourth-order valence-electron chi connectivity index (χ4n) is 2.19. The Labute approximate surface area is 128 Å². The average Bonchev–Trinajstić information content (AvgIpc) is 2.89. The molecule has 2 N–H and O–H groups in total. The molecule has 0 fully saturated rings. The van der Waals surface area contributed by atoms with Gasteiger partial charge in [0.15, 0.2) is 10.7 Å². The van der Waals surface area contributed by atoms with E-state index in [1.807, 2.05) is 55.1 Å². The lowest BCUT2D eigenvalue weighted by Crippen LogP contribution is -2.51. The van der Waals surface area contributed by atoms with Crippen molar-refractivity contribution in [1.29, 1.82) is 0 Å². The number of rotatable bonds is 7. The number of aryl methyl sites for hydroxylation is 1. The molecule has 1 heterocycles. The summed E-state index contributed by atoms with van der Waals surface area (Å²) in [5.41, 5.74) is -0.367. The normalized spacial score (nSPS) is 13.8. The Morgan fingerprint density at radius 1 is 1.43 bits per heavy atom. The molecule has 1 aromatic heterocycles. The minimum Gasteiger partial charge on any atom is -0.480 e. The molecule has 112 valence electrons. The third-order valence-corrected chi connectivity index (χ3v) is 4.53. The van der Waals surface area contributed by atoms with E-state index in [1.165, 1.54) is 11.8 Å². The molecular formula is C15H19N3O2S. The van der Waals surface area contributed by atoms with Crippen LogP contribution in [0.4, 0.5) is 0 Å². The van der Waals surface area contributed by atoms with Gasteiger partial charge in [0.2, 0.25) is 0 Å². The van der Waals surface area contributed by atoms with E-state index in [0.717, 1.165) is 10.7 Å². The summed E-state index contributed by atoms with van der Waals surface area (Å²) >= 11 is 1.43. The second kappa shape index (κ2) is 6.78. The van der Waals surface area contributed by atoms with Crippen LogP contribution in [0.5, 0.6) is 0 Å². The topological polar surface area (TPSA) is 67.2 Å². The molecule has 0 aliphatic heterocycles. The van der Waals surface area contributed by atoms with E-state index in [0.29, 0.717) is 12.3 Å². The van der Waals surface area contributed by atoms with E-state index < -0.39 is 11.5 Å². The van der Waals surface area contributed by atoms with E-state index in [4.69, 9.17) is 0 Å². The lowest BCUT2D eigenvalue weighted by molar-refractivity contribution is -0.144. The van der Waals surface area contributed by atoms with Crippen molar-refractivity contribution < 1.29 is 9.90 Å². The van der Waals surface area contributed by atoms with Crippen molar-refractivity contribution >= 4 is 17.7 Å². The number of aliphatic carboxylic acids is 1. The third-order valence-electron chi connectivity index (χ3n) is 3.30. The number of thioether (sulfide) groups is 1. The zero-order chi connectivity index (χ0) is 15.3. The van der Waals surface area contributed by atoms with Gasteiger partial charge < -0.3 is 9.67 Å². The predicted octanol–water partition coefficient (Wildman–Crippen LogP) is 2.10. The van der Waals surface area contributed by atoms with E-state index in [-0.39, 0.29) is 0 Å². The number of nitrogens with zero attached hydrogens (tertiary/aromatic N) is 2. The van der Waals surface area contributed by atoms with Gasteiger partial charge in [-0.25, -0.2) is 9.78 Å². The first kappa shape index (κ1) is 15.6. The number of carboxylic acid groups (broad SMARTS) is 1. The van der Waals surface area contributed by atoms with Gasteiger partial charge in [-0.2, -0.15) is 0 Å². The number of hydrogen-bond acceptors (Lipinski definition) is 4. The number of nitrogens with one attached hydrogen (secondary N) is 1. The van der Waals surface area contributed by atoms with Crippen LogP contribution < -0.4 is 5.32 Å². The number of likely N-dealkylation sites (N-methyl/N-ethyl adjacent to an activating group) is 1. The van der Waals surface area contributed by atoms with Crippen molar-refractivity contribution in [3.05, 3.63) is 48.3 Å². The maximum Gasteiger partial charge on any atom is 0.329 e. The zero-order valence-electron chi connectivity index (χ0n) is 12.1. The molecule has 1 unspecified atom stereocenters. The second-order valence-corrected chi connectivity index (χ2v) is 5.66. The smallest absolute Gasteiger partial charge is 0.329 e. The first-order valence-electron chi connectivity index (χ1n) is 6.74. The predicted molar refractivity (Wildman–Crippen MR) is 83.4 cm³/mol. The minimum absolute atomic E-state index is 0.366. The molecule has 0 spiro atoms. The summed E-state index contributed by atoms with van der Waals surface area (Å²) in [6.45, 7) is 2.48. The molecule has 2 rings (SSSR count). The maximum absolute atomic E-state index is 12.0. The summed E-state index contributed by atoms with van der Waals surface area (Å²) in [7, 11) is 1.90. The molecule has 0 radical (unpaired) electrons. The van der Waals surface area contributed by atoms with E-state index in [9.17, 15) is 9.90 Å². The lowest BCUT2D eigenvalue weighted by Gasteiger charge is -2.30. The van der Waals surface area contributed by atoms with Crippen LogP contribution in [0.3, 0.4) is 0 Å². The average molecular weight is 305 g/mol. The van der Waals surface area contributed by atoms with Crippen molar-refractivity contribution in [2.45, 2.75) is 17.6 Å². The van der Waals surface area contributed by atoms with Crippen LogP contribution in [-0.4, -0.2) is 32.9 Å². The molecule has 0 aliphatic carbocycles. The Hall–Kier alpha value is -1.79. The number of aromatic nitrogens is 2. The summed E-state index contributed by atoms with van der Waals surface area (Å²) in [5.74, 6) is -0.511. The van der Waals surface area contributed by atoms with Gasteiger partial charge in [0.1, 0.15) is 0 Å². The summed E-state index contributed by atoms with van der Waals surface area (Å²) in [4.78, 5) is 16.2. The van der Waals surface area contributed by atoms with Gasteiger partial charge in [0.05, 0.1) is 0 Å². The van der Waals surface area contributed by atoms with E-state index >= 15 is 0 Å². The van der Waals surface area contributed by atoms with Crippen molar-refractivity contribution in [1.82, 2.24) is 14.9 Å². The third kappa shape index (κ3) is 3.28. The first-order chi connectivity index (χ1) is 10.1. The fraction of sp³-hybridized carbons (Fsp3) is 0.333. The largest absolute Gasteiger partial charge is 0.480 e. The molecule has 1 atom stereocenters. The molecular weight excluding hydrogens is 286 g/mol. The Morgan fingerprint density at radius 2 is 2.14 bits per heavy atom. The van der Waals surface area contributed by atoms with E-state index in [1.54, 1.807) is 6.20 Å². The minimum atomic E-state index is -1.12.